The van der Waals surface area contributed by atoms with Crippen molar-refractivity contribution in [2.75, 3.05) is 34.4 Å². The van der Waals surface area contributed by atoms with Crippen LogP contribution in [0.3, 0.4) is 0 Å². The van der Waals surface area contributed by atoms with Crippen LogP contribution in [0.15, 0.2) is 52.9 Å². The van der Waals surface area contributed by atoms with Gasteiger partial charge in [-0.1, -0.05) is 52.8 Å². The predicted octanol–water partition coefficient (Wildman–Crippen LogP) is 6.92. The van der Waals surface area contributed by atoms with Crippen molar-refractivity contribution in [3.8, 4) is 17.2 Å². The van der Waals surface area contributed by atoms with Gasteiger partial charge in [-0.2, -0.15) is 0 Å². The van der Waals surface area contributed by atoms with E-state index in [0.717, 1.165) is 29.1 Å². The number of amides is 1. The first-order chi connectivity index (χ1) is 18.1. The Morgan fingerprint density at radius 1 is 0.921 bits per heavy atom. The number of hydrogen-bond donors (Lipinski definition) is 0. The van der Waals surface area contributed by atoms with Gasteiger partial charge in [-0.15, -0.1) is 0 Å². The summed E-state index contributed by atoms with van der Waals surface area (Å²) in [4.78, 5) is 15.4. The number of methoxy groups -OCH3 is 3. The molecule has 0 radical (unpaired) electrons. The van der Waals surface area contributed by atoms with Gasteiger partial charge in [-0.25, -0.2) is 0 Å². The number of carbonyl (C=O) groups excluding carboxylic acids is 1. The maximum absolute atomic E-state index is 13.5. The summed E-state index contributed by atoms with van der Waals surface area (Å²) in [5.41, 5.74) is 3.45. The fraction of sp³-hybridized carbons (Fsp3) is 0.469. The van der Waals surface area contributed by atoms with Gasteiger partial charge in [0.25, 0.3) is 5.91 Å². The van der Waals surface area contributed by atoms with Gasteiger partial charge in [0.15, 0.2) is 17.3 Å². The van der Waals surface area contributed by atoms with E-state index in [0.29, 0.717) is 49.1 Å². The number of nitrogens with zero attached hydrogens (tertiary/aromatic N) is 1. The Labute approximate surface area is 227 Å². The Kier molecular flexibility index (Phi) is 9.90. The van der Waals surface area contributed by atoms with E-state index in [2.05, 4.69) is 46.8 Å². The van der Waals surface area contributed by atoms with E-state index < -0.39 is 0 Å². The van der Waals surface area contributed by atoms with Crippen LogP contribution < -0.4 is 14.2 Å². The normalized spacial score (nSPS) is 11.5. The lowest BCUT2D eigenvalue weighted by Gasteiger charge is -2.24. The molecule has 2 aromatic carbocycles. The average molecular weight is 522 g/mol. The first-order valence-electron chi connectivity index (χ1n) is 13.4. The van der Waals surface area contributed by atoms with E-state index in [1.165, 1.54) is 5.56 Å². The summed E-state index contributed by atoms with van der Waals surface area (Å²) < 4.78 is 22.5. The zero-order valence-electron chi connectivity index (χ0n) is 24.2. The highest BCUT2D eigenvalue weighted by atomic mass is 16.5. The quantitative estimate of drug-likeness (QED) is 0.244. The monoisotopic (exact) mass is 521 g/mol. The lowest BCUT2D eigenvalue weighted by molar-refractivity contribution is 0.0704. The molecule has 6 heteroatoms. The fourth-order valence-corrected chi connectivity index (χ4v) is 4.49. The van der Waals surface area contributed by atoms with Gasteiger partial charge in [0.1, 0.15) is 11.5 Å². The third-order valence-corrected chi connectivity index (χ3v) is 7.17. The molecule has 0 saturated carbocycles. The Morgan fingerprint density at radius 2 is 1.61 bits per heavy atom. The summed E-state index contributed by atoms with van der Waals surface area (Å²) in [5, 5.41) is 0. The van der Waals surface area contributed by atoms with Crippen molar-refractivity contribution in [3.63, 3.8) is 0 Å². The van der Waals surface area contributed by atoms with E-state index in [1.54, 1.807) is 27.4 Å². The zero-order chi connectivity index (χ0) is 27.9. The van der Waals surface area contributed by atoms with Crippen molar-refractivity contribution in [1.29, 1.82) is 0 Å². The van der Waals surface area contributed by atoms with Gasteiger partial charge in [-0.3, -0.25) is 4.79 Å². The Balaban J connectivity index is 1.77. The van der Waals surface area contributed by atoms with Crippen molar-refractivity contribution < 1.29 is 23.4 Å². The van der Waals surface area contributed by atoms with Crippen LogP contribution in [0.25, 0.3) is 0 Å². The van der Waals surface area contributed by atoms with Crippen LogP contribution in [0.5, 0.6) is 17.2 Å². The molecule has 0 unspecified atom stereocenters. The van der Waals surface area contributed by atoms with Crippen LogP contribution in [0.4, 0.5) is 0 Å². The van der Waals surface area contributed by atoms with Crippen molar-refractivity contribution in [1.82, 2.24) is 4.90 Å². The SMILES string of the molecule is CCC(C)(C)c1ccc(OC)c(Cc2ccc(C(=O)N(CCc3ccc(OC)c(OC)c3)CC(C)C)o2)c1. The van der Waals surface area contributed by atoms with E-state index in [4.69, 9.17) is 18.6 Å². The van der Waals surface area contributed by atoms with Crippen LogP contribution in [-0.2, 0) is 18.3 Å². The molecule has 3 aromatic rings. The number of furan rings is 1. The van der Waals surface area contributed by atoms with Gasteiger partial charge in [0.2, 0.25) is 0 Å². The summed E-state index contributed by atoms with van der Waals surface area (Å²) in [5.74, 6) is 3.52. The third kappa shape index (κ3) is 7.12. The van der Waals surface area contributed by atoms with Crippen molar-refractivity contribution in [2.24, 2.45) is 5.92 Å². The van der Waals surface area contributed by atoms with Crippen molar-refractivity contribution in [3.05, 3.63) is 76.7 Å². The first kappa shape index (κ1) is 29.2. The summed E-state index contributed by atoms with van der Waals surface area (Å²) in [6.45, 7) is 12.1. The highest BCUT2D eigenvalue weighted by molar-refractivity contribution is 5.91. The van der Waals surface area contributed by atoms with Gasteiger partial charge in [-0.05, 0) is 65.6 Å². The lowest BCUT2D eigenvalue weighted by Crippen LogP contribution is -2.35. The Morgan fingerprint density at radius 3 is 2.24 bits per heavy atom. The van der Waals surface area contributed by atoms with E-state index in [-0.39, 0.29) is 11.3 Å². The molecule has 38 heavy (non-hydrogen) atoms. The van der Waals surface area contributed by atoms with E-state index >= 15 is 0 Å². The molecule has 0 fully saturated rings. The minimum absolute atomic E-state index is 0.0660. The highest BCUT2D eigenvalue weighted by Crippen LogP contribution is 2.32. The Bertz CT molecular complexity index is 1210. The minimum atomic E-state index is -0.0988. The second-order valence-electron chi connectivity index (χ2n) is 10.8. The minimum Gasteiger partial charge on any atom is -0.496 e. The molecule has 0 atom stereocenters. The maximum Gasteiger partial charge on any atom is 0.289 e. The number of carbonyl (C=O) groups is 1. The maximum atomic E-state index is 13.5. The molecule has 0 bridgehead atoms. The molecule has 0 saturated heterocycles. The molecule has 1 amide bonds. The average Bonchev–Trinajstić information content (AvgIpc) is 3.38. The van der Waals surface area contributed by atoms with Crippen molar-refractivity contribution in [2.45, 2.75) is 59.3 Å². The van der Waals surface area contributed by atoms with Gasteiger partial charge < -0.3 is 23.5 Å². The van der Waals surface area contributed by atoms with Crippen LogP contribution in [-0.4, -0.2) is 45.2 Å². The van der Waals surface area contributed by atoms with E-state index in [1.807, 2.05) is 35.2 Å². The smallest absolute Gasteiger partial charge is 0.289 e. The van der Waals surface area contributed by atoms with Crippen LogP contribution >= 0.6 is 0 Å². The molecule has 0 aliphatic rings. The standard InChI is InChI=1S/C32H43NO5/c1-9-32(4,5)25-11-14-27(35-6)24(19-25)20-26-12-15-29(38-26)31(34)33(21-22(2)3)17-16-23-10-13-28(36-7)30(18-23)37-8/h10-15,18-19,22H,9,16-17,20-21H2,1-8H3. The van der Waals surface area contributed by atoms with Crippen LogP contribution in [0.1, 0.15) is 74.0 Å². The zero-order valence-corrected chi connectivity index (χ0v) is 24.2. The molecule has 6 nitrogen and oxygen atoms in total. The molecule has 3 rings (SSSR count). The summed E-state index contributed by atoms with van der Waals surface area (Å²) >= 11 is 0. The summed E-state index contributed by atoms with van der Waals surface area (Å²) in [6, 6.07) is 15.9. The molecule has 0 aliphatic heterocycles. The molecular weight excluding hydrogens is 478 g/mol. The number of benzene rings is 2. The second kappa shape index (κ2) is 12.9. The molecule has 1 heterocycles. The lowest BCUT2D eigenvalue weighted by atomic mass is 9.81. The number of hydrogen-bond acceptors (Lipinski definition) is 5. The number of rotatable bonds is 13. The summed E-state index contributed by atoms with van der Waals surface area (Å²) in [7, 11) is 4.93. The molecule has 0 aliphatic carbocycles. The highest BCUT2D eigenvalue weighted by Gasteiger charge is 2.23. The fourth-order valence-electron chi connectivity index (χ4n) is 4.49. The topological polar surface area (TPSA) is 61.1 Å². The van der Waals surface area contributed by atoms with Gasteiger partial charge in [0.05, 0.1) is 21.3 Å². The summed E-state index contributed by atoms with van der Waals surface area (Å²) in [6.07, 6.45) is 2.29. The largest absolute Gasteiger partial charge is 0.496 e. The van der Waals surface area contributed by atoms with E-state index in [9.17, 15) is 4.79 Å². The second-order valence-corrected chi connectivity index (χ2v) is 10.8. The first-order valence-corrected chi connectivity index (χ1v) is 13.4. The predicted molar refractivity (Wildman–Crippen MR) is 152 cm³/mol. The number of ether oxygens (including phenoxy) is 3. The Hall–Kier alpha value is -3.41. The van der Waals surface area contributed by atoms with Crippen molar-refractivity contribution >= 4 is 5.91 Å². The molecule has 206 valence electrons. The van der Waals surface area contributed by atoms with Crippen LogP contribution in [0.2, 0.25) is 0 Å². The van der Waals surface area contributed by atoms with Crippen LogP contribution in [0, 0.1) is 5.92 Å². The molecule has 0 spiro atoms. The molecule has 0 N–H and O–H groups in total. The molecule has 1 aromatic heterocycles. The third-order valence-electron chi connectivity index (χ3n) is 7.17. The van der Waals surface area contributed by atoms with Gasteiger partial charge in [0, 0.05) is 25.1 Å². The molecular formula is C32H43NO5. The van der Waals surface area contributed by atoms with Gasteiger partial charge >= 0.3 is 0 Å².